The molecule has 0 spiro atoms. The summed E-state index contributed by atoms with van der Waals surface area (Å²) < 4.78 is 10.0. The molecule has 1 aromatic heterocycles. The minimum Gasteiger partial charge on any atom is -0.469 e. The average molecular weight is 380 g/mol. The number of hydrogen-bond donors (Lipinski definition) is 3. The number of allylic oxidation sites excluding steroid dienone is 1. The predicted molar refractivity (Wildman–Crippen MR) is 104 cm³/mol. The largest absolute Gasteiger partial charge is 0.469 e. The first-order chi connectivity index (χ1) is 12.0. The number of alkyl carbamates (subject to hydrolysis) is 1. The van der Waals surface area contributed by atoms with Crippen molar-refractivity contribution >= 4 is 40.9 Å². The summed E-state index contributed by atoms with van der Waals surface area (Å²) in [6, 6.07) is 3.31. The first-order valence-corrected chi connectivity index (χ1v) is 9.24. The van der Waals surface area contributed by atoms with Gasteiger partial charge in [-0.05, 0) is 54.2 Å². The molecule has 0 aromatic carbocycles. The normalized spacial score (nSPS) is 16.7. The lowest BCUT2D eigenvalue weighted by Gasteiger charge is -2.27. The molecule has 0 aliphatic heterocycles. The molecule has 134 valence electrons. The van der Waals surface area contributed by atoms with Gasteiger partial charge in [-0.3, -0.25) is 5.32 Å². The van der Waals surface area contributed by atoms with E-state index in [-0.39, 0.29) is 5.11 Å². The molecule has 25 heavy (non-hydrogen) atoms. The van der Waals surface area contributed by atoms with E-state index in [1.54, 1.807) is 24.1 Å². The third kappa shape index (κ3) is 5.47. The van der Waals surface area contributed by atoms with Crippen LogP contribution in [0.1, 0.15) is 19.1 Å². The van der Waals surface area contributed by atoms with Crippen LogP contribution in [-0.4, -0.2) is 35.8 Å². The number of methoxy groups -OCH3 is 1. The lowest BCUT2D eigenvalue weighted by Crippen LogP contribution is -2.49. The quantitative estimate of drug-likeness (QED) is 0.657. The van der Waals surface area contributed by atoms with Crippen LogP contribution in [0.3, 0.4) is 0 Å². The fourth-order valence-corrected chi connectivity index (χ4v) is 3.48. The summed E-state index contributed by atoms with van der Waals surface area (Å²) in [5.41, 5.74) is 1.37. The van der Waals surface area contributed by atoms with Gasteiger partial charge in [-0.25, -0.2) is 4.79 Å². The van der Waals surface area contributed by atoms with Gasteiger partial charge in [-0.15, -0.1) is 11.8 Å². The zero-order valence-electron chi connectivity index (χ0n) is 14.1. The van der Waals surface area contributed by atoms with E-state index in [9.17, 15) is 4.79 Å². The topological polar surface area (TPSA) is 87.3 Å². The van der Waals surface area contributed by atoms with E-state index in [0.29, 0.717) is 12.1 Å². The van der Waals surface area contributed by atoms with E-state index in [1.165, 1.54) is 7.11 Å². The van der Waals surface area contributed by atoms with Crippen LogP contribution < -0.4 is 10.6 Å². The van der Waals surface area contributed by atoms with Gasteiger partial charge in [-0.2, -0.15) is 0 Å². The van der Waals surface area contributed by atoms with Crippen molar-refractivity contribution in [1.29, 1.82) is 5.41 Å². The smallest absolute Gasteiger partial charge is 0.413 e. The van der Waals surface area contributed by atoms with Gasteiger partial charge in [0, 0.05) is 11.3 Å². The molecule has 1 atom stereocenters. The number of amides is 1. The Hall–Kier alpha value is -2.06. The van der Waals surface area contributed by atoms with Crippen LogP contribution in [0.4, 0.5) is 4.79 Å². The van der Waals surface area contributed by atoms with Crippen molar-refractivity contribution in [2.75, 3.05) is 12.9 Å². The summed E-state index contributed by atoms with van der Waals surface area (Å²) in [5.74, 6) is 1.79. The molecule has 1 aliphatic rings. The van der Waals surface area contributed by atoms with Crippen molar-refractivity contribution < 1.29 is 13.9 Å². The van der Waals surface area contributed by atoms with Crippen LogP contribution in [0.2, 0.25) is 0 Å². The van der Waals surface area contributed by atoms with E-state index < -0.39 is 12.1 Å². The maximum Gasteiger partial charge on any atom is 0.413 e. The van der Waals surface area contributed by atoms with Gasteiger partial charge in [0.2, 0.25) is 0 Å². The fourth-order valence-electron chi connectivity index (χ4n) is 2.32. The zero-order chi connectivity index (χ0) is 18.2. The number of rotatable bonds is 6. The second kappa shape index (κ2) is 9.43. The van der Waals surface area contributed by atoms with Crippen LogP contribution >= 0.6 is 24.0 Å². The highest BCUT2D eigenvalue weighted by molar-refractivity contribution is 8.03. The second-order valence-electron chi connectivity index (χ2n) is 5.31. The zero-order valence-corrected chi connectivity index (χ0v) is 15.8. The van der Waals surface area contributed by atoms with Crippen LogP contribution in [0.15, 0.2) is 45.4 Å². The first kappa shape index (κ1) is 19.3. The number of nitrogens with one attached hydrogen (secondary N) is 3. The van der Waals surface area contributed by atoms with Crippen molar-refractivity contribution in [2.45, 2.75) is 25.8 Å². The van der Waals surface area contributed by atoms with E-state index >= 15 is 0 Å². The molecule has 0 fully saturated rings. The van der Waals surface area contributed by atoms with E-state index in [1.807, 2.05) is 18.2 Å². The molecular weight excluding hydrogens is 358 g/mol. The molecule has 0 saturated heterocycles. The van der Waals surface area contributed by atoms with Gasteiger partial charge in [-0.1, -0.05) is 6.92 Å². The van der Waals surface area contributed by atoms with Gasteiger partial charge in [0.1, 0.15) is 5.76 Å². The number of ether oxygens (including phenoxy) is 1. The molecule has 0 bridgehead atoms. The summed E-state index contributed by atoms with van der Waals surface area (Å²) in [6.07, 6.45) is 6.30. The molecule has 1 aromatic rings. The Morgan fingerprint density at radius 2 is 2.28 bits per heavy atom. The molecule has 1 aliphatic carbocycles. The van der Waals surface area contributed by atoms with Crippen LogP contribution in [-0.2, 0) is 11.2 Å². The van der Waals surface area contributed by atoms with Gasteiger partial charge in [0.15, 0.2) is 5.11 Å². The number of thioether (sulfide) groups is 1. The third-order valence-electron chi connectivity index (χ3n) is 3.47. The van der Waals surface area contributed by atoms with Crippen molar-refractivity contribution in [3.05, 3.63) is 46.8 Å². The molecule has 8 heteroatoms. The SMILES string of the molecule is CCCSC1=C(Cc2ccco2)C(NC(=S)NC(=O)OC)C(=N)C=C1. The standard InChI is InChI=1S/C17H21N3O3S2/c1-3-9-25-14-7-6-13(18)15(19-16(24)20-17(21)22-2)12(14)10-11-5-4-8-23-11/h4-8,15,18H,3,9-10H2,1-2H3,(H2,19,20,21,24). The highest BCUT2D eigenvalue weighted by atomic mass is 32.2. The summed E-state index contributed by atoms with van der Waals surface area (Å²) in [5, 5.41) is 13.8. The van der Waals surface area contributed by atoms with Crippen molar-refractivity contribution in [2.24, 2.45) is 0 Å². The molecule has 1 unspecified atom stereocenters. The van der Waals surface area contributed by atoms with Gasteiger partial charge < -0.3 is 19.9 Å². The van der Waals surface area contributed by atoms with Crippen LogP contribution in [0, 0.1) is 5.41 Å². The molecule has 0 saturated carbocycles. The molecule has 1 amide bonds. The predicted octanol–water partition coefficient (Wildman–Crippen LogP) is 3.41. The first-order valence-electron chi connectivity index (χ1n) is 7.85. The molecule has 0 radical (unpaired) electrons. The van der Waals surface area contributed by atoms with Crippen molar-refractivity contribution in [3.8, 4) is 0 Å². The number of thiocarbonyl (C=S) groups is 1. The molecular formula is C17H21N3O3S2. The van der Waals surface area contributed by atoms with E-state index in [2.05, 4.69) is 22.3 Å². The monoisotopic (exact) mass is 379 g/mol. The second-order valence-corrected chi connectivity index (χ2v) is 6.85. The molecule has 6 nitrogen and oxygen atoms in total. The van der Waals surface area contributed by atoms with Gasteiger partial charge >= 0.3 is 6.09 Å². The Labute approximate surface area is 156 Å². The van der Waals surface area contributed by atoms with Gasteiger partial charge in [0.05, 0.1) is 25.1 Å². The summed E-state index contributed by atoms with van der Waals surface area (Å²) >= 11 is 6.90. The van der Waals surface area contributed by atoms with Crippen molar-refractivity contribution in [3.63, 3.8) is 0 Å². The molecule has 3 N–H and O–H groups in total. The lowest BCUT2D eigenvalue weighted by molar-refractivity contribution is 0.176. The van der Waals surface area contributed by atoms with Crippen LogP contribution in [0.5, 0.6) is 0 Å². The Kier molecular flexibility index (Phi) is 7.27. The highest BCUT2D eigenvalue weighted by Gasteiger charge is 2.26. The number of furan rings is 1. The van der Waals surface area contributed by atoms with Crippen molar-refractivity contribution in [1.82, 2.24) is 10.6 Å². The number of hydrogen-bond acceptors (Lipinski definition) is 6. The summed E-state index contributed by atoms with van der Waals surface area (Å²) in [4.78, 5) is 12.4. The van der Waals surface area contributed by atoms with E-state index in [4.69, 9.17) is 22.0 Å². The summed E-state index contributed by atoms with van der Waals surface area (Å²) in [6.45, 7) is 2.12. The Balaban J connectivity index is 2.24. The highest BCUT2D eigenvalue weighted by Crippen LogP contribution is 2.30. The van der Waals surface area contributed by atoms with Gasteiger partial charge in [0.25, 0.3) is 0 Å². The Morgan fingerprint density at radius 1 is 1.48 bits per heavy atom. The Morgan fingerprint density at radius 3 is 2.92 bits per heavy atom. The maximum atomic E-state index is 11.3. The number of carbonyl (C=O) groups excluding carboxylic acids is 1. The maximum absolute atomic E-state index is 11.3. The number of carbonyl (C=O) groups is 1. The Bertz CT molecular complexity index is 696. The fraction of sp³-hybridized carbons (Fsp3) is 0.353. The minimum atomic E-state index is -0.646. The molecule has 1 heterocycles. The lowest BCUT2D eigenvalue weighted by atomic mass is 9.93. The third-order valence-corrected chi connectivity index (χ3v) is 5.01. The minimum absolute atomic E-state index is 0.119. The summed E-state index contributed by atoms with van der Waals surface area (Å²) in [7, 11) is 1.27. The van der Waals surface area contributed by atoms with E-state index in [0.717, 1.165) is 28.4 Å². The average Bonchev–Trinajstić information content (AvgIpc) is 3.10. The van der Waals surface area contributed by atoms with Crippen LogP contribution in [0.25, 0.3) is 0 Å². The molecule has 2 rings (SSSR count).